The first-order chi connectivity index (χ1) is 10.7. The molecule has 0 spiro atoms. The zero-order valence-electron chi connectivity index (χ0n) is 12.1. The minimum Gasteiger partial charge on any atom is -0.486 e. The van der Waals surface area contributed by atoms with E-state index in [0.29, 0.717) is 42.6 Å². The number of rotatable bonds is 3. The van der Waals surface area contributed by atoms with Crippen molar-refractivity contribution in [3.8, 4) is 11.5 Å². The Bertz CT molecular complexity index is 690. The molecule has 0 unspecified atom stereocenters. The molecule has 1 aromatic carbocycles. The van der Waals surface area contributed by atoms with E-state index in [0.717, 1.165) is 5.56 Å². The van der Waals surface area contributed by atoms with Crippen molar-refractivity contribution in [3.63, 3.8) is 0 Å². The number of nitrogens with zero attached hydrogens (tertiary/aromatic N) is 2. The average molecular weight is 300 g/mol. The van der Waals surface area contributed by atoms with Crippen molar-refractivity contribution in [2.24, 2.45) is 0 Å². The van der Waals surface area contributed by atoms with Gasteiger partial charge in [0.1, 0.15) is 13.2 Å². The Hall–Kier alpha value is -2.83. The first-order valence-corrected chi connectivity index (χ1v) is 6.94. The van der Waals surface area contributed by atoms with E-state index in [1.165, 1.54) is 6.20 Å². The van der Waals surface area contributed by atoms with Crippen LogP contribution in [-0.4, -0.2) is 29.4 Å². The van der Waals surface area contributed by atoms with Crippen molar-refractivity contribution >= 4 is 11.7 Å². The number of benzene rings is 1. The molecule has 22 heavy (non-hydrogen) atoms. The highest BCUT2D eigenvalue weighted by Gasteiger charge is 2.16. The van der Waals surface area contributed by atoms with Crippen LogP contribution in [0.15, 0.2) is 30.5 Å². The van der Waals surface area contributed by atoms with Gasteiger partial charge in [0.05, 0.1) is 17.6 Å². The van der Waals surface area contributed by atoms with E-state index >= 15 is 0 Å². The van der Waals surface area contributed by atoms with Gasteiger partial charge in [0, 0.05) is 12.1 Å². The number of carbonyl (C=O) groups is 1. The Kier molecular flexibility index (Phi) is 4.04. The first kappa shape index (κ1) is 14.1. The second-order valence-electron chi connectivity index (χ2n) is 4.78. The molecule has 0 saturated heterocycles. The number of hydrogen-bond donors (Lipinski definition) is 2. The third-order valence-corrected chi connectivity index (χ3v) is 3.24. The van der Waals surface area contributed by atoms with Crippen LogP contribution in [0.3, 0.4) is 0 Å². The summed E-state index contributed by atoms with van der Waals surface area (Å²) < 4.78 is 11.1. The fourth-order valence-electron chi connectivity index (χ4n) is 2.15. The summed E-state index contributed by atoms with van der Waals surface area (Å²) in [6.07, 6.45) is 1.53. The van der Waals surface area contributed by atoms with Gasteiger partial charge in [-0.25, -0.2) is 4.79 Å². The minimum atomic E-state index is -0.314. The van der Waals surface area contributed by atoms with Crippen LogP contribution in [0.2, 0.25) is 0 Å². The van der Waals surface area contributed by atoms with Crippen LogP contribution in [0.1, 0.15) is 11.3 Å². The van der Waals surface area contributed by atoms with Gasteiger partial charge in [-0.1, -0.05) is 12.1 Å². The van der Waals surface area contributed by atoms with Gasteiger partial charge >= 0.3 is 6.03 Å². The molecule has 3 rings (SSSR count). The lowest BCUT2D eigenvalue weighted by molar-refractivity contribution is 0.169. The third kappa shape index (κ3) is 3.08. The first-order valence-electron chi connectivity index (χ1n) is 6.94. The number of anilines is 1. The Morgan fingerprint density at radius 1 is 1.27 bits per heavy atom. The second kappa shape index (κ2) is 6.30. The molecule has 0 fully saturated rings. The van der Waals surface area contributed by atoms with Gasteiger partial charge in [-0.2, -0.15) is 10.2 Å². The number of carbonyl (C=O) groups excluding carboxylic acids is 1. The number of amides is 2. The van der Waals surface area contributed by atoms with Crippen molar-refractivity contribution in [2.45, 2.75) is 13.5 Å². The van der Waals surface area contributed by atoms with Crippen LogP contribution >= 0.6 is 0 Å². The summed E-state index contributed by atoms with van der Waals surface area (Å²) >= 11 is 0. The number of para-hydroxylation sites is 1. The van der Waals surface area contributed by atoms with E-state index in [4.69, 9.17) is 9.47 Å². The molecule has 1 aromatic heterocycles. The number of ether oxygens (including phenoxy) is 2. The quantitative estimate of drug-likeness (QED) is 0.904. The molecule has 0 aliphatic carbocycles. The monoisotopic (exact) mass is 300 g/mol. The maximum absolute atomic E-state index is 12.0. The molecule has 2 N–H and O–H groups in total. The molecule has 114 valence electrons. The van der Waals surface area contributed by atoms with E-state index in [9.17, 15) is 4.79 Å². The third-order valence-electron chi connectivity index (χ3n) is 3.24. The van der Waals surface area contributed by atoms with Crippen molar-refractivity contribution in [1.29, 1.82) is 0 Å². The summed E-state index contributed by atoms with van der Waals surface area (Å²) in [5.41, 5.74) is 2.16. The van der Waals surface area contributed by atoms with E-state index in [1.807, 2.05) is 18.2 Å². The fourth-order valence-corrected chi connectivity index (χ4v) is 2.15. The SMILES string of the molecule is Cc1nnccc1NC(=O)NCc1cccc2c1OCCO2. The second-order valence-corrected chi connectivity index (χ2v) is 4.78. The Morgan fingerprint density at radius 2 is 2.14 bits per heavy atom. The molecular weight excluding hydrogens is 284 g/mol. The zero-order chi connectivity index (χ0) is 15.4. The number of hydrogen-bond acceptors (Lipinski definition) is 5. The Balaban J connectivity index is 1.63. The molecule has 0 bridgehead atoms. The molecule has 7 heteroatoms. The topological polar surface area (TPSA) is 85.4 Å². The number of urea groups is 1. The summed E-state index contributed by atoms with van der Waals surface area (Å²) in [5.74, 6) is 1.40. The largest absolute Gasteiger partial charge is 0.486 e. The molecule has 0 radical (unpaired) electrons. The van der Waals surface area contributed by atoms with Gasteiger partial charge in [0.15, 0.2) is 11.5 Å². The van der Waals surface area contributed by atoms with E-state index in [1.54, 1.807) is 13.0 Å². The van der Waals surface area contributed by atoms with Crippen LogP contribution < -0.4 is 20.1 Å². The maximum atomic E-state index is 12.0. The number of fused-ring (bicyclic) bond motifs is 1. The molecule has 0 atom stereocenters. The van der Waals surface area contributed by atoms with Crippen molar-refractivity contribution < 1.29 is 14.3 Å². The van der Waals surface area contributed by atoms with Crippen LogP contribution in [0.4, 0.5) is 10.5 Å². The van der Waals surface area contributed by atoms with Gasteiger partial charge in [0.25, 0.3) is 0 Å². The lowest BCUT2D eigenvalue weighted by Gasteiger charge is -2.21. The standard InChI is InChI=1S/C15H16N4O3/c1-10-12(5-6-17-19-10)18-15(20)16-9-11-3-2-4-13-14(11)22-8-7-21-13/h2-6H,7-9H2,1H3,(H2,16,17,18,20). The molecule has 7 nitrogen and oxygen atoms in total. The molecule has 0 saturated carbocycles. The lowest BCUT2D eigenvalue weighted by Crippen LogP contribution is -2.29. The molecule has 2 amide bonds. The number of aryl methyl sites for hydroxylation is 1. The van der Waals surface area contributed by atoms with Crippen LogP contribution in [0.5, 0.6) is 11.5 Å². The normalized spacial score (nSPS) is 12.6. The van der Waals surface area contributed by atoms with Gasteiger partial charge < -0.3 is 20.1 Å². The van der Waals surface area contributed by atoms with Gasteiger partial charge in [-0.3, -0.25) is 0 Å². The highest BCUT2D eigenvalue weighted by atomic mass is 16.6. The molecule has 1 aliphatic heterocycles. The Labute approximate surface area is 127 Å². The summed E-state index contributed by atoms with van der Waals surface area (Å²) in [6.45, 7) is 3.17. The number of nitrogens with one attached hydrogen (secondary N) is 2. The lowest BCUT2D eigenvalue weighted by atomic mass is 10.1. The van der Waals surface area contributed by atoms with Gasteiger partial charge in [-0.05, 0) is 19.1 Å². The number of aromatic nitrogens is 2. The zero-order valence-corrected chi connectivity index (χ0v) is 12.1. The molecule has 2 heterocycles. The summed E-state index contributed by atoms with van der Waals surface area (Å²) in [7, 11) is 0. The van der Waals surface area contributed by atoms with Crippen molar-refractivity contribution in [3.05, 3.63) is 41.7 Å². The summed E-state index contributed by atoms with van der Waals surface area (Å²) in [5, 5.41) is 13.1. The van der Waals surface area contributed by atoms with Gasteiger partial charge in [-0.15, -0.1) is 0 Å². The molecule has 2 aromatic rings. The Morgan fingerprint density at radius 3 is 3.00 bits per heavy atom. The summed E-state index contributed by atoms with van der Waals surface area (Å²) in [6, 6.07) is 7.00. The smallest absolute Gasteiger partial charge is 0.319 e. The fraction of sp³-hybridized carbons (Fsp3) is 0.267. The maximum Gasteiger partial charge on any atom is 0.319 e. The van der Waals surface area contributed by atoms with E-state index in [-0.39, 0.29) is 6.03 Å². The van der Waals surface area contributed by atoms with E-state index in [2.05, 4.69) is 20.8 Å². The highest BCUT2D eigenvalue weighted by Crippen LogP contribution is 2.33. The predicted molar refractivity (Wildman–Crippen MR) is 80.1 cm³/mol. The highest BCUT2D eigenvalue weighted by molar-refractivity contribution is 5.89. The molecular formula is C15H16N4O3. The van der Waals surface area contributed by atoms with Crippen molar-refractivity contribution in [1.82, 2.24) is 15.5 Å². The van der Waals surface area contributed by atoms with Crippen LogP contribution in [-0.2, 0) is 6.54 Å². The van der Waals surface area contributed by atoms with Crippen LogP contribution in [0, 0.1) is 6.92 Å². The van der Waals surface area contributed by atoms with Gasteiger partial charge in [0.2, 0.25) is 0 Å². The minimum absolute atomic E-state index is 0.314. The van der Waals surface area contributed by atoms with Crippen LogP contribution in [0.25, 0.3) is 0 Å². The molecule has 1 aliphatic rings. The summed E-state index contributed by atoms with van der Waals surface area (Å²) in [4.78, 5) is 12.0. The van der Waals surface area contributed by atoms with E-state index < -0.39 is 0 Å². The van der Waals surface area contributed by atoms with Crippen molar-refractivity contribution in [2.75, 3.05) is 18.5 Å². The predicted octanol–water partition coefficient (Wildman–Crippen LogP) is 1.88. The average Bonchev–Trinajstić information content (AvgIpc) is 2.55.